The van der Waals surface area contributed by atoms with Crippen LogP contribution >= 0.6 is 0 Å². The van der Waals surface area contributed by atoms with Gasteiger partial charge in [0, 0.05) is 12.1 Å². The molecule has 0 saturated carbocycles. The summed E-state index contributed by atoms with van der Waals surface area (Å²) in [5.41, 5.74) is 2.73. The van der Waals surface area contributed by atoms with Crippen LogP contribution in [0.5, 0.6) is 5.75 Å². The van der Waals surface area contributed by atoms with Crippen molar-refractivity contribution in [1.82, 2.24) is 0 Å². The summed E-state index contributed by atoms with van der Waals surface area (Å²) in [6.07, 6.45) is -2.86. The molecule has 2 rings (SSSR count). The lowest BCUT2D eigenvalue weighted by atomic mass is 10.1. The molecule has 0 aliphatic rings. The Kier molecular flexibility index (Phi) is 5.84. The van der Waals surface area contributed by atoms with Crippen LogP contribution in [0.25, 0.3) is 0 Å². The second-order valence-corrected chi connectivity index (χ2v) is 5.29. The second kappa shape index (κ2) is 7.86. The summed E-state index contributed by atoms with van der Waals surface area (Å²) in [5.74, 6) is -0.518. The van der Waals surface area contributed by atoms with Crippen LogP contribution in [0.1, 0.15) is 24.5 Å². The number of carbonyl (C=O) groups excluding carboxylic acids is 1. The third kappa shape index (κ3) is 5.95. The molecule has 0 unspecified atom stereocenters. The number of nitrogens with one attached hydrogen (secondary N) is 1. The Hall–Kier alpha value is -2.50. The fourth-order valence-electron chi connectivity index (χ4n) is 2.16. The Morgan fingerprint density at radius 2 is 1.58 bits per heavy atom. The molecule has 0 radical (unpaired) electrons. The maximum atomic E-state index is 12.1. The predicted octanol–water partition coefficient (Wildman–Crippen LogP) is 4.72. The SMILES string of the molecule is CCc1ccc(CCC(=O)Nc2ccc(OC(F)(F)F)cc2)cc1. The first-order valence-electron chi connectivity index (χ1n) is 7.59. The molecular weight excluding hydrogens is 319 g/mol. The highest BCUT2D eigenvalue weighted by Gasteiger charge is 2.30. The van der Waals surface area contributed by atoms with Gasteiger partial charge in [-0.3, -0.25) is 4.79 Å². The standard InChI is InChI=1S/C18H18F3NO2/c1-2-13-3-5-14(6-4-13)7-12-17(23)22-15-8-10-16(11-9-15)24-18(19,20)21/h3-6,8-11H,2,7,12H2,1H3,(H,22,23). The molecule has 0 fully saturated rings. The molecule has 0 aliphatic heterocycles. The van der Waals surface area contributed by atoms with Crippen molar-refractivity contribution in [3.63, 3.8) is 0 Å². The largest absolute Gasteiger partial charge is 0.573 e. The number of rotatable bonds is 6. The summed E-state index contributed by atoms with van der Waals surface area (Å²) < 4.78 is 40.0. The number of amides is 1. The lowest BCUT2D eigenvalue weighted by Crippen LogP contribution is -2.17. The molecule has 2 aromatic carbocycles. The number of benzene rings is 2. The second-order valence-electron chi connectivity index (χ2n) is 5.29. The van der Waals surface area contributed by atoms with Crippen molar-refractivity contribution in [2.45, 2.75) is 32.5 Å². The number of anilines is 1. The average Bonchev–Trinajstić information content (AvgIpc) is 2.54. The Balaban J connectivity index is 1.83. The summed E-state index contributed by atoms with van der Waals surface area (Å²) in [4.78, 5) is 11.9. The number of hydrogen-bond acceptors (Lipinski definition) is 2. The molecule has 0 bridgehead atoms. The monoisotopic (exact) mass is 337 g/mol. The lowest BCUT2D eigenvalue weighted by molar-refractivity contribution is -0.274. The number of halogens is 3. The van der Waals surface area contributed by atoms with E-state index in [0.717, 1.165) is 24.1 Å². The number of ether oxygens (including phenoxy) is 1. The number of alkyl halides is 3. The van der Waals surface area contributed by atoms with Crippen LogP contribution in [0.4, 0.5) is 18.9 Å². The third-order valence-corrected chi connectivity index (χ3v) is 3.44. The van der Waals surface area contributed by atoms with Gasteiger partial charge in [-0.1, -0.05) is 31.2 Å². The maximum Gasteiger partial charge on any atom is 0.573 e. The van der Waals surface area contributed by atoms with Gasteiger partial charge in [0.25, 0.3) is 0 Å². The summed E-state index contributed by atoms with van der Waals surface area (Å²) in [6.45, 7) is 2.08. The van der Waals surface area contributed by atoms with Crippen LogP contribution in [-0.4, -0.2) is 12.3 Å². The zero-order valence-corrected chi connectivity index (χ0v) is 13.2. The first-order valence-corrected chi connectivity index (χ1v) is 7.59. The molecule has 0 atom stereocenters. The Labute approximate surface area is 138 Å². The molecule has 3 nitrogen and oxygen atoms in total. The van der Waals surface area contributed by atoms with Crippen molar-refractivity contribution in [2.24, 2.45) is 0 Å². The van der Waals surface area contributed by atoms with Crippen LogP contribution in [0.2, 0.25) is 0 Å². The van der Waals surface area contributed by atoms with Crippen LogP contribution in [0.3, 0.4) is 0 Å². The van der Waals surface area contributed by atoms with E-state index in [1.807, 2.05) is 24.3 Å². The Morgan fingerprint density at radius 3 is 2.12 bits per heavy atom. The van der Waals surface area contributed by atoms with E-state index in [1.54, 1.807) is 0 Å². The molecule has 2 aromatic rings. The molecule has 0 heterocycles. The van der Waals surface area contributed by atoms with Gasteiger partial charge in [-0.15, -0.1) is 13.2 Å². The molecule has 128 valence electrons. The predicted molar refractivity (Wildman–Crippen MR) is 85.9 cm³/mol. The zero-order chi connectivity index (χ0) is 17.6. The van der Waals surface area contributed by atoms with E-state index in [-0.39, 0.29) is 11.7 Å². The van der Waals surface area contributed by atoms with Gasteiger partial charge < -0.3 is 10.1 Å². The normalized spacial score (nSPS) is 11.2. The summed E-state index contributed by atoms with van der Waals surface area (Å²) in [5, 5.41) is 2.65. The summed E-state index contributed by atoms with van der Waals surface area (Å²) >= 11 is 0. The molecule has 1 amide bonds. The van der Waals surface area contributed by atoms with Crippen molar-refractivity contribution in [3.8, 4) is 5.75 Å². The van der Waals surface area contributed by atoms with Crippen molar-refractivity contribution in [1.29, 1.82) is 0 Å². The van der Waals surface area contributed by atoms with E-state index >= 15 is 0 Å². The average molecular weight is 337 g/mol. The zero-order valence-electron chi connectivity index (χ0n) is 13.2. The molecule has 1 N–H and O–H groups in total. The first-order chi connectivity index (χ1) is 11.4. The minimum atomic E-state index is -4.72. The fourth-order valence-corrected chi connectivity index (χ4v) is 2.16. The van der Waals surface area contributed by atoms with E-state index < -0.39 is 6.36 Å². The molecule has 0 spiro atoms. The van der Waals surface area contributed by atoms with Gasteiger partial charge in [0.15, 0.2) is 0 Å². The van der Waals surface area contributed by atoms with E-state index in [0.29, 0.717) is 18.5 Å². The molecule has 24 heavy (non-hydrogen) atoms. The van der Waals surface area contributed by atoms with Gasteiger partial charge in [-0.25, -0.2) is 0 Å². The van der Waals surface area contributed by atoms with Crippen molar-refractivity contribution in [2.75, 3.05) is 5.32 Å². The van der Waals surface area contributed by atoms with Crippen LogP contribution in [0, 0.1) is 0 Å². The van der Waals surface area contributed by atoms with Gasteiger partial charge >= 0.3 is 6.36 Å². The molecule has 0 aromatic heterocycles. The minimum Gasteiger partial charge on any atom is -0.406 e. The van der Waals surface area contributed by atoms with Gasteiger partial charge in [0.1, 0.15) is 5.75 Å². The molecule has 0 saturated heterocycles. The number of aryl methyl sites for hydroxylation is 2. The van der Waals surface area contributed by atoms with E-state index in [4.69, 9.17) is 0 Å². The van der Waals surface area contributed by atoms with Crippen LogP contribution in [0.15, 0.2) is 48.5 Å². The van der Waals surface area contributed by atoms with Crippen molar-refractivity contribution >= 4 is 11.6 Å². The highest BCUT2D eigenvalue weighted by molar-refractivity contribution is 5.90. The van der Waals surface area contributed by atoms with Gasteiger partial charge in [0.2, 0.25) is 5.91 Å². The summed E-state index contributed by atoms with van der Waals surface area (Å²) in [7, 11) is 0. The quantitative estimate of drug-likeness (QED) is 0.828. The molecule has 0 aliphatic carbocycles. The highest BCUT2D eigenvalue weighted by atomic mass is 19.4. The van der Waals surface area contributed by atoms with Crippen molar-refractivity contribution in [3.05, 3.63) is 59.7 Å². The van der Waals surface area contributed by atoms with Crippen molar-refractivity contribution < 1.29 is 22.7 Å². The van der Waals surface area contributed by atoms with Gasteiger partial charge in [-0.2, -0.15) is 0 Å². The van der Waals surface area contributed by atoms with E-state index in [2.05, 4.69) is 17.0 Å². The smallest absolute Gasteiger partial charge is 0.406 e. The van der Waals surface area contributed by atoms with Gasteiger partial charge in [-0.05, 0) is 48.2 Å². The molecule has 6 heteroatoms. The fraction of sp³-hybridized carbons (Fsp3) is 0.278. The van der Waals surface area contributed by atoms with Crippen LogP contribution in [-0.2, 0) is 17.6 Å². The van der Waals surface area contributed by atoms with E-state index in [9.17, 15) is 18.0 Å². The number of hydrogen-bond donors (Lipinski definition) is 1. The summed E-state index contributed by atoms with van der Waals surface area (Å²) in [6, 6.07) is 13.1. The third-order valence-electron chi connectivity index (χ3n) is 3.44. The Morgan fingerprint density at radius 1 is 1.00 bits per heavy atom. The number of carbonyl (C=O) groups is 1. The molecular formula is C18H18F3NO2. The lowest BCUT2D eigenvalue weighted by Gasteiger charge is -2.10. The van der Waals surface area contributed by atoms with Gasteiger partial charge in [0.05, 0.1) is 0 Å². The highest BCUT2D eigenvalue weighted by Crippen LogP contribution is 2.24. The maximum absolute atomic E-state index is 12.1. The van der Waals surface area contributed by atoms with Crippen LogP contribution < -0.4 is 10.1 Å². The minimum absolute atomic E-state index is 0.195. The first kappa shape index (κ1) is 17.8. The Bertz CT molecular complexity index is 664. The van der Waals surface area contributed by atoms with E-state index in [1.165, 1.54) is 17.7 Å². The topological polar surface area (TPSA) is 38.3 Å².